The summed E-state index contributed by atoms with van der Waals surface area (Å²) in [5.41, 5.74) is 24.4. The van der Waals surface area contributed by atoms with Crippen molar-refractivity contribution in [2.75, 3.05) is 0 Å². The van der Waals surface area contributed by atoms with Gasteiger partial charge in [-0.2, -0.15) is 0 Å². The molecule has 8 heterocycles. The lowest BCUT2D eigenvalue weighted by molar-refractivity contribution is 1.12. The molecule has 8 heteroatoms. The van der Waals surface area contributed by atoms with Gasteiger partial charge in [-0.05, 0) is 271 Å². The fraction of sp³-hybridized carbons (Fsp3) is 0.278. The Bertz CT molecular complexity index is 2630. The molecule has 0 aliphatic rings. The Morgan fingerprint density at radius 1 is 0.212 bits per heavy atom. The van der Waals surface area contributed by atoms with E-state index in [1.807, 2.05) is 187 Å². The fourth-order valence-electron chi connectivity index (χ4n) is 6.28. The maximum absolute atomic E-state index is 4.17. The van der Waals surface area contributed by atoms with Gasteiger partial charge < -0.3 is 0 Å². The van der Waals surface area contributed by atoms with Gasteiger partial charge in [-0.1, -0.05) is 78.9 Å². The first-order chi connectivity index (χ1) is 37.9. The van der Waals surface area contributed by atoms with E-state index in [9.17, 15) is 0 Å². The van der Waals surface area contributed by atoms with Gasteiger partial charge in [0.1, 0.15) is 0 Å². The topological polar surface area (TPSA) is 103 Å². The molecule has 0 saturated carbocycles. The Labute approximate surface area is 483 Å². The second kappa shape index (κ2) is 40.8. The van der Waals surface area contributed by atoms with Crippen LogP contribution in [0.2, 0.25) is 0 Å². The van der Waals surface area contributed by atoms with Crippen molar-refractivity contribution in [3.8, 4) is 0 Å². The summed E-state index contributed by atoms with van der Waals surface area (Å²) in [6.45, 7) is 40.9. The number of nitrogens with zero attached hydrogens (tertiary/aromatic N) is 8. The van der Waals surface area contributed by atoms with Crippen molar-refractivity contribution in [1.82, 2.24) is 39.9 Å². The highest BCUT2D eigenvalue weighted by Gasteiger charge is 1.89. The zero-order chi connectivity index (χ0) is 59.8. The van der Waals surface area contributed by atoms with Crippen LogP contribution >= 0.6 is 0 Å². The van der Waals surface area contributed by atoms with Crippen molar-refractivity contribution in [3.05, 3.63) is 307 Å². The normalized spacial score (nSPS) is 9.25. The second-order valence-corrected chi connectivity index (χ2v) is 19.9. The fourth-order valence-corrected chi connectivity index (χ4v) is 6.28. The van der Waals surface area contributed by atoms with Crippen LogP contribution in [-0.2, 0) is 0 Å². The number of hydrogen-bond donors (Lipinski definition) is 0. The predicted octanol–water partition coefficient (Wildman–Crippen LogP) is 18.2. The molecule has 0 aliphatic carbocycles. The molecular formula is C72H92N8. The molecule has 0 spiro atoms. The molecule has 8 aromatic heterocycles. The van der Waals surface area contributed by atoms with E-state index in [1.54, 1.807) is 0 Å². The lowest BCUT2D eigenvalue weighted by atomic mass is 10.1. The van der Waals surface area contributed by atoms with E-state index in [0.717, 1.165) is 39.9 Å². The first-order valence-electron chi connectivity index (χ1n) is 27.1. The predicted molar refractivity (Wildman–Crippen MR) is 342 cm³/mol. The number of pyridine rings is 8. The monoisotopic (exact) mass is 1070 g/mol. The van der Waals surface area contributed by atoms with Gasteiger partial charge in [-0.25, -0.2) is 0 Å². The molecule has 2 aromatic carbocycles. The maximum atomic E-state index is 4.17. The van der Waals surface area contributed by atoms with Crippen molar-refractivity contribution in [2.45, 2.75) is 138 Å². The van der Waals surface area contributed by atoms with Crippen LogP contribution in [0.25, 0.3) is 0 Å². The summed E-state index contributed by atoms with van der Waals surface area (Å²) >= 11 is 0. The van der Waals surface area contributed by atoms with E-state index in [-0.39, 0.29) is 0 Å². The molecule has 8 nitrogen and oxygen atoms in total. The highest BCUT2D eigenvalue weighted by atomic mass is 14.7. The minimum Gasteiger partial charge on any atom is -0.264 e. The third kappa shape index (κ3) is 35.9. The van der Waals surface area contributed by atoms with E-state index in [0.29, 0.717) is 0 Å². The van der Waals surface area contributed by atoms with Gasteiger partial charge >= 0.3 is 0 Å². The van der Waals surface area contributed by atoms with Crippen molar-refractivity contribution in [1.29, 1.82) is 0 Å². The molecular weight excluding hydrogens is 977 g/mol. The van der Waals surface area contributed by atoms with Crippen LogP contribution < -0.4 is 0 Å². The number of aromatic nitrogens is 8. The van der Waals surface area contributed by atoms with E-state index < -0.39 is 0 Å². The Morgan fingerprint density at radius 3 is 0.850 bits per heavy atom. The molecule has 0 saturated heterocycles. The lowest BCUT2D eigenvalue weighted by Gasteiger charge is -1.93. The number of hydrogen-bond acceptors (Lipinski definition) is 8. The van der Waals surface area contributed by atoms with Gasteiger partial charge in [-0.15, -0.1) is 0 Å². The van der Waals surface area contributed by atoms with Gasteiger partial charge in [-0.3, -0.25) is 39.9 Å². The SMILES string of the molecule is Cc1ccc(C)nc1.Cc1ccc(C)nc1.Cc1cccc(C)n1.Cc1ccccc1C.Cc1ccccc1C.Cc1cccnc1C.Cc1ccnc(C)c1.Cc1ccnc(C)c1.Cc1ccncc1C.Cc1cncc(C)c1. The van der Waals surface area contributed by atoms with E-state index in [1.165, 1.54) is 72.3 Å². The van der Waals surface area contributed by atoms with Crippen molar-refractivity contribution in [2.24, 2.45) is 0 Å². The third-order valence-corrected chi connectivity index (χ3v) is 11.7. The van der Waals surface area contributed by atoms with Crippen LogP contribution in [0.3, 0.4) is 0 Å². The summed E-state index contributed by atoms with van der Waals surface area (Å²) in [4.78, 5) is 32.4. The summed E-state index contributed by atoms with van der Waals surface area (Å²) in [7, 11) is 0. The van der Waals surface area contributed by atoms with Crippen LogP contribution in [0.15, 0.2) is 195 Å². The lowest BCUT2D eigenvalue weighted by Crippen LogP contribution is -1.81. The summed E-state index contributed by atoms with van der Waals surface area (Å²) in [6.07, 6.45) is 16.6. The van der Waals surface area contributed by atoms with Crippen molar-refractivity contribution in [3.63, 3.8) is 0 Å². The Balaban J connectivity index is 0.000000444. The first-order valence-corrected chi connectivity index (χ1v) is 27.1. The minimum atomic E-state index is 1.08. The molecule has 0 fully saturated rings. The molecule has 80 heavy (non-hydrogen) atoms. The van der Waals surface area contributed by atoms with Gasteiger partial charge in [0.25, 0.3) is 0 Å². The molecule has 0 bridgehead atoms. The molecule has 0 N–H and O–H groups in total. The van der Waals surface area contributed by atoms with Crippen LogP contribution in [0.5, 0.6) is 0 Å². The van der Waals surface area contributed by atoms with Crippen LogP contribution in [-0.4, -0.2) is 39.9 Å². The van der Waals surface area contributed by atoms with Gasteiger partial charge in [0.15, 0.2) is 0 Å². The van der Waals surface area contributed by atoms with Gasteiger partial charge in [0.2, 0.25) is 0 Å². The van der Waals surface area contributed by atoms with Gasteiger partial charge in [0, 0.05) is 95.6 Å². The van der Waals surface area contributed by atoms with Crippen LogP contribution in [0.4, 0.5) is 0 Å². The minimum absolute atomic E-state index is 1.08. The summed E-state index contributed by atoms with van der Waals surface area (Å²) in [5, 5.41) is 0. The second-order valence-electron chi connectivity index (χ2n) is 19.9. The molecule has 0 amide bonds. The standard InChI is InChI=1S/2C8H10.8C7H9N/c2*1-7-5-3-4-6-8(7)2;1-6-3-7(2)5-8-4-6;1-6-3-4-8-5-7(6)2;2*1-6-3-4-8-7(2)5-6;2*1-6-3-4-7(2)8-5-6;1-6-4-3-5-8-7(6)2;1-6-4-3-5-7(2)8-6/h2*3-6H,1-2H3;8*3-5H,1-2H3. The molecule has 10 rings (SSSR count). The molecule has 0 atom stereocenters. The molecule has 0 radical (unpaired) electrons. The average molecular weight is 1070 g/mol. The average Bonchev–Trinajstić information content (AvgIpc) is 3.41. The number of benzene rings is 2. The Kier molecular flexibility index (Phi) is 35.5. The largest absolute Gasteiger partial charge is 0.264 e. The number of aryl methyl sites for hydroxylation is 20. The van der Waals surface area contributed by atoms with Crippen LogP contribution in [0, 0.1) is 138 Å². The van der Waals surface area contributed by atoms with Crippen LogP contribution in [0.1, 0.15) is 112 Å². The highest BCUT2D eigenvalue weighted by Crippen LogP contribution is 2.05. The first kappa shape index (κ1) is 69.7. The Morgan fingerprint density at radius 2 is 0.625 bits per heavy atom. The highest BCUT2D eigenvalue weighted by molar-refractivity contribution is 5.25. The third-order valence-electron chi connectivity index (χ3n) is 11.7. The smallest absolute Gasteiger partial charge is 0.0401 e. The van der Waals surface area contributed by atoms with E-state index in [4.69, 9.17) is 0 Å². The molecule has 0 unspecified atom stereocenters. The van der Waals surface area contributed by atoms with Crippen molar-refractivity contribution < 1.29 is 0 Å². The zero-order valence-corrected chi connectivity index (χ0v) is 52.1. The molecule has 0 aliphatic heterocycles. The zero-order valence-electron chi connectivity index (χ0n) is 52.1. The summed E-state index contributed by atoms with van der Waals surface area (Å²) in [5.74, 6) is 0. The maximum Gasteiger partial charge on any atom is 0.0401 e. The van der Waals surface area contributed by atoms with Crippen molar-refractivity contribution >= 4 is 0 Å². The Hall–Kier alpha value is -8.36. The van der Waals surface area contributed by atoms with Gasteiger partial charge in [0.05, 0.1) is 0 Å². The van der Waals surface area contributed by atoms with E-state index in [2.05, 4.69) is 187 Å². The molecule has 420 valence electrons. The van der Waals surface area contributed by atoms with E-state index >= 15 is 0 Å². The summed E-state index contributed by atoms with van der Waals surface area (Å²) < 4.78 is 0. The molecule has 10 aromatic rings. The number of rotatable bonds is 0. The summed E-state index contributed by atoms with van der Waals surface area (Å²) in [6, 6.07) is 47.1. The quantitative estimate of drug-likeness (QED) is 0.148.